The molecule has 0 bridgehead atoms. The summed E-state index contributed by atoms with van der Waals surface area (Å²) in [5, 5.41) is 5.31. The topological polar surface area (TPSA) is 29.0 Å². The average Bonchev–Trinajstić information content (AvgIpc) is 3.25. The second-order valence-corrected chi connectivity index (χ2v) is 5.58. The summed E-state index contributed by atoms with van der Waals surface area (Å²) in [5.74, 6) is 0. The zero-order valence-corrected chi connectivity index (χ0v) is 13.9. The normalized spacial score (nSPS) is 9.67. The van der Waals surface area contributed by atoms with E-state index in [2.05, 4.69) is 87.3 Å². The lowest BCUT2D eigenvalue weighted by Crippen LogP contribution is -2.09. The second-order valence-electron chi connectivity index (χ2n) is 4.93. The van der Waals surface area contributed by atoms with Gasteiger partial charge in [-0.15, -0.1) is 5.10 Å². The molecule has 0 saturated carbocycles. The fraction of sp³-hybridized carbons (Fsp3) is 0. The van der Waals surface area contributed by atoms with Crippen LogP contribution < -0.4 is 4.90 Å². The van der Waals surface area contributed by atoms with E-state index in [1.54, 1.807) is 6.20 Å². The summed E-state index contributed by atoms with van der Waals surface area (Å²) in [6, 6.07) is 31.3. The van der Waals surface area contributed by atoms with Gasteiger partial charge >= 0.3 is 0 Å². The number of benzene rings is 3. The number of aromatic nitrogens is 2. The van der Waals surface area contributed by atoms with E-state index in [-0.39, 0.29) is 0 Å². The van der Waals surface area contributed by atoms with Crippen LogP contribution in [0.15, 0.2) is 103 Å². The van der Waals surface area contributed by atoms with Crippen LogP contribution in [0.4, 0.5) is 17.1 Å². The lowest BCUT2D eigenvalue weighted by molar-refractivity contribution is 1.16. The van der Waals surface area contributed by atoms with E-state index in [0.717, 1.165) is 0 Å². The van der Waals surface area contributed by atoms with Crippen molar-refractivity contribution < 1.29 is 0 Å². The highest BCUT2D eigenvalue weighted by Gasteiger charge is 2.10. The minimum atomic E-state index is 1.17. The summed E-state index contributed by atoms with van der Waals surface area (Å²) in [7, 11) is 0. The predicted octanol–water partition coefficient (Wildman–Crippen LogP) is 5.69. The molecule has 0 aliphatic rings. The number of nitrogens with zero attached hydrogens (tertiary/aromatic N) is 3. The van der Waals surface area contributed by atoms with Gasteiger partial charge in [0, 0.05) is 22.4 Å². The van der Waals surface area contributed by atoms with Gasteiger partial charge in [-0.05, 0) is 47.9 Å². The first-order valence-electron chi connectivity index (χ1n) is 7.61. The molecule has 0 unspecified atom stereocenters. The van der Waals surface area contributed by atoms with Gasteiger partial charge in [-0.1, -0.05) is 59.1 Å². The molecule has 0 atom stereocenters. The molecule has 0 radical (unpaired) electrons. The van der Waals surface area contributed by atoms with Crippen LogP contribution in [0.1, 0.15) is 0 Å². The van der Waals surface area contributed by atoms with Crippen LogP contribution in [0.5, 0.6) is 0 Å². The smallest absolute Gasteiger partial charge is 0.0620 e. The molecule has 3 aromatic carbocycles. The first kappa shape index (κ1) is 15.9. The second kappa shape index (κ2) is 8.60. The molecule has 4 aromatic rings. The van der Waals surface area contributed by atoms with Crippen LogP contribution in [0, 0.1) is 0 Å². The van der Waals surface area contributed by atoms with E-state index in [0.29, 0.717) is 0 Å². The number of anilines is 3. The zero-order valence-electron chi connectivity index (χ0n) is 13.1. The Kier molecular flexibility index (Phi) is 5.70. The van der Waals surface area contributed by atoms with Gasteiger partial charge < -0.3 is 4.90 Å². The standard InChI is InChI=1S/C18H15N.C2H2N2S/c1-4-10-16(11-5-1)19(17-12-6-2-7-13-17)18-14-8-3-9-15-18;1-2-5-4-3-1/h1-15H;1-2H. The molecule has 0 aliphatic heterocycles. The number of hydrogen-bond acceptors (Lipinski definition) is 4. The molecular weight excluding hydrogens is 314 g/mol. The van der Waals surface area contributed by atoms with Crippen LogP contribution in [0.3, 0.4) is 0 Å². The highest BCUT2D eigenvalue weighted by molar-refractivity contribution is 7.03. The van der Waals surface area contributed by atoms with E-state index in [1.165, 1.54) is 28.6 Å². The largest absolute Gasteiger partial charge is 0.311 e. The summed E-state index contributed by atoms with van der Waals surface area (Å²) in [5.41, 5.74) is 3.50. The Morgan fingerprint density at radius 1 is 0.583 bits per heavy atom. The monoisotopic (exact) mass is 331 g/mol. The minimum absolute atomic E-state index is 1.17. The fourth-order valence-electron chi connectivity index (χ4n) is 2.31. The van der Waals surface area contributed by atoms with Gasteiger partial charge in [0.25, 0.3) is 0 Å². The molecule has 0 amide bonds. The minimum Gasteiger partial charge on any atom is -0.311 e. The first-order valence-corrected chi connectivity index (χ1v) is 8.45. The van der Waals surface area contributed by atoms with E-state index >= 15 is 0 Å². The average molecular weight is 331 g/mol. The van der Waals surface area contributed by atoms with Crippen LogP contribution in [-0.2, 0) is 0 Å². The zero-order chi connectivity index (χ0) is 16.5. The molecular formula is C20H17N3S. The van der Waals surface area contributed by atoms with E-state index < -0.39 is 0 Å². The maximum atomic E-state index is 3.51. The van der Waals surface area contributed by atoms with Crippen molar-refractivity contribution in [3.8, 4) is 0 Å². The van der Waals surface area contributed by atoms with Crippen molar-refractivity contribution >= 4 is 28.6 Å². The van der Waals surface area contributed by atoms with Crippen molar-refractivity contribution in [3.63, 3.8) is 0 Å². The maximum absolute atomic E-state index is 3.51. The summed E-state index contributed by atoms with van der Waals surface area (Å²) in [6.45, 7) is 0. The highest BCUT2D eigenvalue weighted by atomic mass is 32.1. The van der Waals surface area contributed by atoms with Crippen molar-refractivity contribution in [1.82, 2.24) is 9.59 Å². The summed E-state index contributed by atoms with van der Waals surface area (Å²) in [4.78, 5) is 2.25. The van der Waals surface area contributed by atoms with Crippen LogP contribution in [-0.4, -0.2) is 9.59 Å². The van der Waals surface area contributed by atoms with Crippen molar-refractivity contribution in [3.05, 3.63) is 103 Å². The molecule has 0 aliphatic carbocycles. The van der Waals surface area contributed by atoms with E-state index in [1.807, 2.05) is 23.6 Å². The predicted molar refractivity (Wildman–Crippen MR) is 101 cm³/mol. The highest BCUT2D eigenvalue weighted by Crippen LogP contribution is 2.33. The third-order valence-corrected chi connectivity index (χ3v) is 3.76. The van der Waals surface area contributed by atoms with Gasteiger partial charge in [0.1, 0.15) is 0 Å². The number of rotatable bonds is 3. The first-order chi connectivity index (χ1) is 11.9. The molecule has 24 heavy (non-hydrogen) atoms. The Hall–Kier alpha value is -2.98. The van der Waals surface area contributed by atoms with Crippen molar-refractivity contribution in [1.29, 1.82) is 0 Å². The SMILES string of the molecule is c1ccc(N(c2ccccc2)c2ccccc2)cc1.c1csnn1. The summed E-state index contributed by atoms with van der Waals surface area (Å²) in [6.07, 6.45) is 1.66. The Labute approximate surface area is 146 Å². The fourth-order valence-corrected chi connectivity index (χ4v) is 2.59. The Bertz CT molecular complexity index is 692. The van der Waals surface area contributed by atoms with E-state index in [9.17, 15) is 0 Å². The van der Waals surface area contributed by atoms with E-state index in [4.69, 9.17) is 0 Å². The summed E-state index contributed by atoms with van der Waals surface area (Å²) >= 11 is 1.35. The van der Waals surface area contributed by atoms with Gasteiger partial charge in [0.15, 0.2) is 0 Å². The molecule has 0 saturated heterocycles. The Balaban J connectivity index is 0.000000290. The lowest BCUT2D eigenvalue weighted by Gasteiger charge is -2.25. The van der Waals surface area contributed by atoms with Crippen molar-refractivity contribution in [2.24, 2.45) is 0 Å². The van der Waals surface area contributed by atoms with Crippen LogP contribution in [0.2, 0.25) is 0 Å². The Morgan fingerprint density at radius 2 is 1.00 bits per heavy atom. The molecule has 1 aromatic heterocycles. The third kappa shape index (κ3) is 4.27. The molecule has 0 fully saturated rings. The number of hydrogen-bond donors (Lipinski definition) is 0. The van der Waals surface area contributed by atoms with Crippen LogP contribution in [0.25, 0.3) is 0 Å². The molecule has 118 valence electrons. The molecule has 4 rings (SSSR count). The van der Waals surface area contributed by atoms with Gasteiger partial charge in [-0.2, -0.15) is 0 Å². The van der Waals surface area contributed by atoms with Crippen molar-refractivity contribution in [2.45, 2.75) is 0 Å². The van der Waals surface area contributed by atoms with Gasteiger partial charge in [0.2, 0.25) is 0 Å². The van der Waals surface area contributed by atoms with Gasteiger partial charge in [-0.25, -0.2) is 0 Å². The molecule has 4 heteroatoms. The quantitative estimate of drug-likeness (QED) is 0.482. The Morgan fingerprint density at radius 3 is 1.25 bits per heavy atom. The maximum Gasteiger partial charge on any atom is 0.0620 e. The van der Waals surface area contributed by atoms with Gasteiger partial charge in [-0.3, -0.25) is 0 Å². The van der Waals surface area contributed by atoms with Crippen molar-refractivity contribution in [2.75, 3.05) is 4.90 Å². The molecule has 0 N–H and O–H groups in total. The molecule has 1 heterocycles. The van der Waals surface area contributed by atoms with Gasteiger partial charge in [0.05, 0.1) is 6.20 Å². The van der Waals surface area contributed by atoms with Crippen LogP contribution >= 0.6 is 11.5 Å². The number of para-hydroxylation sites is 3. The summed E-state index contributed by atoms with van der Waals surface area (Å²) < 4.78 is 3.51. The lowest BCUT2D eigenvalue weighted by atomic mass is 10.2. The third-order valence-electron chi connectivity index (χ3n) is 3.33. The molecule has 3 nitrogen and oxygen atoms in total. The molecule has 0 spiro atoms.